The second-order valence-electron chi connectivity index (χ2n) is 6.83. The molecule has 2 heterocycles. The summed E-state index contributed by atoms with van der Waals surface area (Å²) in [6.07, 6.45) is 3.62. The Morgan fingerprint density at radius 2 is 1.82 bits per heavy atom. The molecule has 4 rings (SSSR count). The van der Waals surface area contributed by atoms with Crippen molar-refractivity contribution < 1.29 is 4.74 Å². The van der Waals surface area contributed by atoms with Gasteiger partial charge in [-0.05, 0) is 49.2 Å². The van der Waals surface area contributed by atoms with E-state index in [1.165, 1.54) is 18.4 Å². The molecule has 0 bridgehead atoms. The van der Waals surface area contributed by atoms with Gasteiger partial charge in [-0.15, -0.1) is 0 Å². The number of rotatable bonds is 4. The first-order chi connectivity index (χ1) is 13.8. The fraction of sp³-hybridized carbons (Fsp3) is 0.375. The Morgan fingerprint density at radius 3 is 2.50 bits per heavy atom. The van der Waals surface area contributed by atoms with Crippen LogP contribution in [0.25, 0.3) is 22.2 Å². The van der Waals surface area contributed by atoms with Crippen LogP contribution in [0.4, 0.5) is 0 Å². The molecule has 28 heavy (non-hydrogen) atoms. The highest BCUT2D eigenvalue weighted by atomic mass is 35.5. The Hall–Kier alpha value is -1.94. The molecule has 148 valence electrons. The van der Waals surface area contributed by atoms with E-state index in [0.29, 0.717) is 6.04 Å². The second kappa shape index (κ2) is 10.0. The Balaban J connectivity index is 0.00000109. The van der Waals surface area contributed by atoms with Crippen molar-refractivity contribution in [2.45, 2.75) is 45.3 Å². The number of hydrogen-bond donors (Lipinski definition) is 1. The van der Waals surface area contributed by atoms with Crippen LogP contribution in [0.1, 0.15) is 44.8 Å². The lowest BCUT2D eigenvalue weighted by molar-refractivity contribution is 0.0596. The molecule has 3 aromatic rings. The van der Waals surface area contributed by atoms with Crippen molar-refractivity contribution in [1.82, 2.24) is 10.3 Å². The standard InChI is InChI=1S/C22H23ClN2O.C2H6/c1-26-22(20-8-4-5-13-24-20)18-14-21(15-9-11-16(23)12-10-15)25-19-7-3-2-6-17(18)19;1-2/h2-3,6-7,9-12,14,20,22,24H,4-5,8,13H2,1H3;1-2H3. The number of methoxy groups -OCH3 is 1. The van der Waals surface area contributed by atoms with Crippen molar-refractivity contribution in [2.24, 2.45) is 0 Å². The normalized spacial score (nSPS) is 17.6. The molecule has 0 aliphatic carbocycles. The summed E-state index contributed by atoms with van der Waals surface area (Å²) in [7, 11) is 1.80. The van der Waals surface area contributed by atoms with Crippen molar-refractivity contribution in [2.75, 3.05) is 13.7 Å². The molecule has 2 unspecified atom stereocenters. The summed E-state index contributed by atoms with van der Waals surface area (Å²) in [5, 5.41) is 5.53. The van der Waals surface area contributed by atoms with E-state index in [0.717, 1.165) is 40.1 Å². The maximum Gasteiger partial charge on any atom is 0.0981 e. The SMILES string of the molecule is CC.COC(c1cc(-c2ccc(Cl)cc2)nc2ccccc12)C1CCCCN1. The van der Waals surface area contributed by atoms with Gasteiger partial charge in [-0.3, -0.25) is 0 Å². The number of para-hydroxylation sites is 1. The Morgan fingerprint density at radius 1 is 1.07 bits per heavy atom. The van der Waals surface area contributed by atoms with Gasteiger partial charge >= 0.3 is 0 Å². The fourth-order valence-electron chi connectivity index (χ4n) is 3.85. The van der Waals surface area contributed by atoms with Gasteiger partial charge in [0.15, 0.2) is 0 Å². The van der Waals surface area contributed by atoms with Crippen molar-refractivity contribution in [1.29, 1.82) is 0 Å². The molecule has 1 fully saturated rings. The summed E-state index contributed by atoms with van der Waals surface area (Å²) in [4.78, 5) is 4.88. The predicted molar refractivity (Wildman–Crippen MR) is 119 cm³/mol. The molecule has 1 aliphatic heterocycles. The van der Waals surface area contributed by atoms with Crippen molar-refractivity contribution >= 4 is 22.5 Å². The lowest BCUT2D eigenvalue weighted by Gasteiger charge is -2.31. The van der Waals surface area contributed by atoms with Crippen LogP contribution in [0, 0.1) is 0 Å². The van der Waals surface area contributed by atoms with Crippen LogP contribution in [0.5, 0.6) is 0 Å². The van der Waals surface area contributed by atoms with Crippen molar-refractivity contribution in [3.63, 3.8) is 0 Å². The Bertz CT molecular complexity index is 889. The minimum absolute atomic E-state index is 0.00857. The third-order valence-corrected chi connectivity index (χ3v) is 5.41. The zero-order chi connectivity index (χ0) is 19.9. The van der Waals surface area contributed by atoms with Gasteiger partial charge in [-0.1, -0.05) is 62.2 Å². The van der Waals surface area contributed by atoms with Gasteiger partial charge in [-0.2, -0.15) is 0 Å². The number of fused-ring (bicyclic) bond motifs is 1. The van der Waals surface area contributed by atoms with Gasteiger partial charge in [0.2, 0.25) is 0 Å². The predicted octanol–water partition coefficient (Wildman–Crippen LogP) is 6.41. The summed E-state index contributed by atoms with van der Waals surface area (Å²) in [6, 6.07) is 18.7. The summed E-state index contributed by atoms with van der Waals surface area (Å²) in [6.45, 7) is 5.05. The molecule has 4 heteroatoms. The van der Waals surface area contributed by atoms with E-state index in [2.05, 4.69) is 29.6 Å². The molecular formula is C24H29ClN2O. The number of nitrogens with zero attached hydrogens (tertiary/aromatic N) is 1. The van der Waals surface area contributed by atoms with E-state index in [1.54, 1.807) is 7.11 Å². The number of hydrogen-bond acceptors (Lipinski definition) is 3. The van der Waals surface area contributed by atoms with Crippen LogP contribution in [0.2, 0.25) is 5.02 Å². The topological polar surface area (TPSA) is 34.1 Å². The molecule has 0 amide bonds. The quantitative estimate of drug-likeness (QED) is 0.553. The summed E-state index contributed by atoms with van der Waals surface area (Å²) >= 11 is 6.05. The first-order valence-corrected chi connectivity index (χ1v) is 10.6. The van der Waals surface area contributed by atoms with E-state index < -0.39 is 0 Å². The largest absolute Gasteiger partial charge is 0.375 e. The maximum absolute atomic E-state index is 6.05. The lowest BCUT2D eigenvalue weighted by Crippen LogP contribution is -2.39. The summed E-state index contributed by atoms with van der Waals surface area (Å²) in [5.41, 5.74) is 4.20. The van der Waals surface area contributed by atoms with Crippen LogP contribution in [-0.2, 0) is 4.74 Å². The van der Waals surface area contributed by atoms with E-state index in [4.69, 9.17) is 21.3 Å². The van der Waals surface area contributed by atoms with E-state index in [1.807, 2.05) is 44.2 Å². The highest BCUT2D eigenvalue weighted by Gasteiger charge is 2.26. The highest BCUT2D eigenvalue weighted by molar-refractivity contribution is 6.30. The van der Waals surface area contributed by atoms with Gasteiger partial charge in [0.25, 0.3) is 0 Å². The summed E-state index contributed by atoms with van der Waals surface area (Å²) in [5.74, 6) is 0. The van der Waals surface area contributed by atoms with Gasteiger partial charge < -0.3 is 10.1 Å². The molecule has 0 radical (unpaired) electrons. The molecule has 0 saturated carbocycles. The van der Waals surface area contributed by atoms with Crippen LogP contribution >= 0.6 is 11.6 Å². The number of halogens is 1. The Labute approximate surface area is 173 Å². The number of piperidine rings is 1. The first kappa shape index (κ1) is 20.8. The minimum Gasteiger partial charge on any atom is -0.375 e. The number of ether oxygens (including phenoxy) is 1. The molecule has 0 spiro atoms. The third kappa shape index (κ3) is 4.54. The lowest BCUT2D eigenvalue weighted by atomic mass is 9.91. The smallest absolute Gasteiger partial charge is 0.0981 e. The molecule has 1 aliphatic rings. The zero-order valence-electron chi connectivity index (χ0n) is 16.9. The summed E-state index contributed by atoms with van der Waals surface area (Å²) < 4.78 is 5.98. The maximum atomic E-state index is 6.05. The average molecular weight is 397 g/mol. The zero-order valence-corrected chi connectivity index (χ0v) is 17.7. The van der Waals surface area contributed by atoms with Crippen LogP contribution in [0.15, 0.2) is 54.6 Å². The number of aromatic nitrogens is 1. The monoisotopic (exact) mass is 396 g/mol. The van der Waals surface area contributed by atoms with Gasteiger partial charge in [0.05, 0.1) is 17.3 Å². The first-order valence-electron chi connectivity index (χ1n) is 10.2. The Kier molecular flexibility index (Phi) is 7.43. The van der Waals surface area contributed by atoms with E-state index in [9.17, 15) is 0 Å². The molecule has 1 N–H and O–H groups in total. The number of benzene rings is 2. The number of nitrogens with one attached hydrogen (secondary N) is 1. The second-order valence-corrected chi connectivity index (χ2v) is 7.27. The third-order valence-electron chi connectivity index (χ3n) is 5.16. The van der Waals surface area contributed by atoms with Gasteiger partial charge in [0.1, 0.15) is 0 Å². The van der Waals surface area contributed by atoms with Crippen molar-refractivity contribution in [3.05, 3.63) is 65.2 Å². The molecule has 2 aromatic carbocycles. The van der Waals surface area contributed by atoms with Gasteiger partial charge in [0, 0.05) is 29.1 Å². The molecular weight excluding hydrogens is 368 g/mol. The minimum atomic E-state index is 0.00857. The average Bonchev–Trinajstić information content (AvgIpc) is 2.77. The van der Waals surface area contributed by atoms with Gasteiger partial charge in [-0.25, -0.2) is 4.98 Å². The molecule has 1 saturated heterocycles. The fourth-order valence-corrected chi connectivity index (χ4v) is 3.98. The number of pyridine rings is 1. The van der Waals surface area contributed by atoms with Crippen molar-refractivity contribution in [3.8, 4) is 11.3 Å². The van der Waals surface area contributed by atoms with Crippen LogP contribution in [0.3, 0.4) is 0 Å². The van der Waals surface area contributed by atoms with Crippen LogP contribution < -0.4 is 5.32 Å². The van der Waals surface area contributed by atoms with E-state index in [-0.39, 0.29) is 6.10 Å². The molecule has 2 atom stereocenters. The molecule has 1 aromatic heterocycles. The van der Waals surface area contributed by atoms with Crippen LogP contribution in [-0.4, -0.2) is 24.7 Å². The van der Waals surface area contributed by atoms with E-state index >= 15 is 0 Å². The highest BCUT2D eigenvalue weighted by Crippen LogP contribution is 2.34. The molecule has 3 nitrogen and oxygen atoms in total.